The third-order valence-electron chi connectivity index (χ3n) is 3.15. The zero-order valence-electron chi connectivity index (χ0n) is 8.87. The van der Waals surface area contributed by atoms with E-state index in [1.165, 1.54) is 19.4 Å². The summed E-state index contributed by atoms with van der Waals surface area (Å²) in [6.45, 7) is 7.67. The highest BCUT2D eigenvalue weighted by Gasteiger charge is 2.23. The van der Waals surface area contributed by atoms with Gasteiger partial charge in [0.15, 0.2) is 0 Å². The molecule has 1 heterocycles. The lowest BCUT2D eigenvalue weighted by Gasteiger charge is -2.37. The Balaban J connectivity index is 2.35. The minimum atomic E-state index is 0.664. The van der Waals surface area contributed by atoms with Crippen molar-refractivity contribution in [2.45, 2.75) is 32.7 Å². The van der Waals surface area contributed by atoms with Crippen molar-refractivity contribution >= 4 is 0 Å². The summed E-state index contributed by atoms with van der Waals surface area (Å²) in [6.07, 6.45) is 6.97. The van der Waals surface area contributed by atoms with Crippen LogP contribution in [0.1, 0.15) is 26.7 Å². The Morgan fingerprint density at radius 3 is 2.85 bits per heavy atom. The second-order valence-electron chi connectivity index (χ2n) is 4.06. The van der Waals surface area contributed by atoms with E-state index in [0.717, 1.165) is 18.5 Å². The normalized spacial score (nSPS) is 31.3. The second-order valence-corrected chi connectivity index (χ2v) is 4.06. The molecule has 0 aromatic carbocycles. The zero-order valence-corrected chi connectivity index (χ0v) is 8.87. The van der Waals surface area contributed by atoms with Gasteiger partial charge >= 0.3 is 0 Å². The van der Waals surface area contributed by atoms with Crippen LogP contribution < -0.4 is 5.73 Å². The fraction of sp³-hybridized carbons (Fsp3) is 0.818. The van der Waals surface area contributed by atoms with Crippen molar-refractivity contribution in [2.24, 2.45) is 11.7 Å². The maximum Gasteiger partial charge on any atom is 0.0166 e. The molecule has 2 heteroatoms. The van der Waals surface area contributed by atoms with Gasteiger partial charge in [-0.1, -0.05) is 19.1 Å². The molecule has 0 bridgehead atoms. The van der Waals surface area contributed by atoms with Crippen LogP contribution in [0.25, 0.3) is 0 Å². The maximum atomic E-state index is 5.40. The molecule has 0 radical (unpaired) electrons. The first-order chi connectivity index (χ1) is 6.25. The second kappa shape index (κ2) is 5.40. The van der Waals surface area contributed by atoms with Crippen LogP contribution in [-0.2, 0) is 0 Å². The fourth-order valence-corrected chi connectivity index (χ4v) is 1.98. The minimum Gasteiger partial charge on any atom is -0.327 e. The minimum absolute atomic E-state index is 0.664. The van der Waals surface area contributed by atoms with E-state index in [2.05, 4.69) is 24.8 Å². The molecule has 2 atom stereocenters. The smallest absolute Gasteiger partial charge is 0.0166 e. The van der Waals surface area contributed by atoms with Gasteiger partial charge in [0.2, 0.25) is 0 Å². The molecule has 0 aromatic heterocycles. The molecule has 1 aliphatic heterocycles. The molecule has 1 saturated heterocycles. The summed E-state index contributed by atoms with van der Waals surface area (Å²) in [5, 5.41) is 0. The largest absolute Gasteiger partial charge is 0.327 e. The van der Waals surface area contributed by atoms with Crippen molar-refractivity contribution in [3.8, 4) is 0 Å². The number of nitrogens with two attached hydrogens (primary N) is 1. The monoisotopic (exact) mass is 182 g/mol. The Morgan fingerprint density at radius 1 is 1.38 bits per heavy atom. The van der Waals surface area contributed by atoms with Crippen molar-refractivity contribution in [3.63, 3.8) is 0 Å². The fourth-order valence-electron chi connectivity index (χ4n) is 1.98. The molecule has 0 saturated carbocycles. The van der Waals surface area contributed by atoms with Gasteiger partial charge < -0.3 is 5.73 Å². The summed E-state index contributed by atoms with van der Waals surface area (Å²) in [7, 11) is 0. The summed E-state index contributed by atoms with van der Waals surface area (Å²) >= 11 is 0. The molecule has 1 aliphatic rings. The van der Waals surface area contributed by atoms with E-state index in [1.54, 1.807) is 0 Å². The van der Waals surface area contributed by atoms with E-state index in [1.807, 2.05) is 6.08 Å². The third kappa shape index (κ3) is 3.12. The lowest BCUT2D eigenvalue weighted by atomic mass is 9.92. The summed E-state index contributed by atoms with van der Waals surface area (Å²) < 4.78 is 0. The summed E-state index contributed by atoms with van der Waals surface area (Å²) in [5.41, 5.74) is 5.40. The van der Waals surface area contributed by atoms with Gasteiger partial charge in [0, 0.05) is 19.1 Å². The van der Waals surface area contributed by atoms with E-state index >= 15 is 0 Å². The number of likely N-dealkylation sites (tertiary alicyclic amines) is 1. The predicted molar refractivity (Wildman–Crippen MR) is 57.6 cm³/mol. The first-order valence-electron chi connectivity index (χ1n) is 5.35. The highest BCUT2D eigenvalue weighted by Crippen LogP contribution is 2.22. The number of piperidine rings is 1. The van der Waals surface area contributed by atoms with Crippen LogP contribution in [0.5, 0.6) is 0 Å². The first kappa shape index (κ1) is 10.7. The van der Waals surface area contributed by atoms with E-state index < -0.39 is 0 Å². The quantitative estimate of drug-likeness (QED) is 0.672. The van der Waals surface area contributed by atoms with Gasteiger partial charge in [-0.2, -0.15) is 0 Å². The van der Waals surface area contributed by atoms with Gasteiger partial charge in [0.25, 0.3) is 0 Å². The van der Waals surface area contributed by atoms with E-state index in [0.29, 0.717) is 6.54 Å². The highest BCUT2D eigenvalue weighted by atomic mass is 15.2. The number of hydrogen-bond donors (Lipinski definition) is 1. The summed E-state index contributed by atoms with van der Waals surface area (Å²) in [4.78, 5) is 2.54. The van der Waals surface area contributed by atoms with Crippen molar-refractivity contribution in [1.29, 1.82) is 0 Å². The van der Waals surface area contributed by atoms with Gasteiger partial charge in [0.1, 0.15) is 0 Å². The van der Waals surface area contributed by atoms with E-state index in [9.17, 15) is 0 Å². The molecule has 2 N–H and O–H groups in total. The van der Waals surface area contributed by atoms with Crippen LogP contribution in [0, 0.1) is 5.92 Å². The maximum absolute atomic E-state index is 5.40. The molecule has 2 unspecified atom stereocenters. The van der Waals surface area contributed by atoms with Crippen LogP contribution in [0.15, 0.2) is 12.2 Å². The molecule has 13 heavy (non-hydrogen) atoms. The van der Waals surface area contributed by atoms with Gasteiger partial charge in [-0.3, -0.25) is 4.90 Å². The number of hydrogen-bond acceptors (Lipinski definition) is 2. The van der Waals surface area contributed by atoms with Crippen molar-refractivity contribution in [3.05, 3.63) is 12.2 Å². The average Bonchev–Trinajstić information content (AvgIpc) is 2.13. The molecule has 1 fully saturated rings. The topological polar surface area (TPSA) is 29.3 Å². The Morgan fingerprint density at radius 2 is 2.15 bits per heavy atom. The summed E-state index contributed by atoms with van der Waals surface area (Å²) in [5.74, 6) is 0.847. The SMILES string of the molecule is CC1CCCN(C/C=C/CN)C1C. The first-order valence-corrected chi connectivity index (χ1v) is 5.35. The van der Waals surface area contributed by atoms with Gasteiger partial charge in [0.05, 0.1) is 0 Å². The number of nitrogens with zero attached hydrogens (tertiary/aromatic N) is 1. The number of rotatable bonds is 3. The van der Waals surface area contributed by atoms with Gasteiger partial charge in [-0.25, -0.2) is 0 Å². The van der Waals surface area contributed by atoms with E-state index in [-0.39, 0.29) is 0 Å². The molecule has 0 amide bonds. The molecule has 0 aliphatic carbocycles. The standard InChI is InChI=1S/C11H22N2/c1-10-6-5-9-13(11(10)2)8-4-3-7-12/h3-4,10-11H,5-9,12H2,1-2H3/b4-3+. The van der Waals surface area contributed by atoms with Crippen LogP contribution in [0.2, 0.25) is 0 Å². The molecular weight excluding hydrogens is 160 g/mol. The lowest BCUT2D eigenvalue weighted by molar-refractivity contribution is 0.128. The molecule has 2 nitrogen and oxygen atoms in total. The molecule has 76 valence electrons. The molecule has 1 rings (SSSR count). The average molecular weight is 182 g/mol. The van der Waals surface area contributed by atoms with Crippen molar-refractivity contribution in [1.82, 2.24) is 4.90 Å². The van der Waals surface area contributed by atoms with Crippen LogP contribution >= 0.6 is 0 Å². The van der Waals surface area contributed by atoms with Crippen LogP contribution in [-0.4, -0.2) is 30.6 Å². The van der Waals surface area contributed by atoms with Crippen LogP contribution in [0.3, 0.4) is 0 Å². The van der Waals surface area contributed by atoms with Gasteiger partial charge in [-0.05, 0) is 32.2 Å². The molecular formula is C11H22N2. The van der Waals surface area contributed by atoms with Crippen molar-refractivity contribution < 1.29 is 0 Å². The van der Waals surface area contributed by atoms with Gasteiger partial charge in [-0.15, -0.1) is 0 Å². The molecule has 0 spiro atoms. The van der Waals surface area contributed by atoms with Crippen molar-refractivity contribution in [2.75, 3.05) is 19.6 Å². The lowest BCUT2D eigenvalue weighted by Crippen LogP contribution is -2.42. The third-order valence-corrected chi connectivity index (χ3v) is 3.15. The Hall–Kier alpha value is -0.340. The Labute approximate surface area is 81.8 Å². The van der Waals surface area contributed by atoms with Crippen LogP contribution in [0.4, 0.5) is 0 Å². The zero-order chi connectivity index (χ0) is 9.68. The Bertz CT molecular complexity index is 165. The highest BCUT2D eigenvalue weighted by molar-refractivity contribution is 4.89. The summed E-state index contributed by atoms with van der Waals surface area (Å²) in [6, 6.07) is 0.733. The van der Waals surface area contributed by atoms with E-state index in [4.69, 9.17) is 5.73 Å². The molecule has 0 aromatic rings. The predicted octanol–water partition coefficient (Wildman–Crippen LogP) is 1.62. The Kier molecular flexibility index (Phi) is 4.46.